The van der Waals surface area contributed by atoms with Gasteiger partial charge in [-0.15, -0.1) is 0 Å². The summed E-state index contributed by atoms with van der Waals surface area (Å²) in [5, 5.41) is 0. The van der Waals surface area contributed by atoms with Crippen LogP contribution < -0.4 is 0 Å². The van der Waals surface area contributed by atoms with Gasteiger partial charge in [0, 0.05) is 18.8 Å². The lowest BCUT2D eigenvalue weighted by atomic mass is 9.85. The zero-order chi connectivity index (χ0) is 14.4. The molecule has 0 bridgehead atoms. The van der Waals surface area contributed by atoms with Crippen molar-refractivity contribution in [2.75, 3.05) is 6.61 Å². The SMILES string of the molecule is CCCCCC1OC2(CCCCO2)CCC1C=C(Cl)Cl. The summed E-state index contributed by atoms with van der Waals surface area (Å²) in [5.41, 5.74) is 0. The van der Waals surface area contributed by atoms with Crippen molar-refractivity contribution in [3.05, 3.63) is 10.6 Å². The molecule has 2 aliphatic rings. The molecule has 0 aromatic heterocycles. The Hall–Kier alpha value is 0.240. The van der Waals surface area contributed by atoms with Crippen molar-refractivity contribution in [3.8, 4) is 0 Å². The van der Waals surface area contributed by atoms with E-state index in [2.05, 4.69) is 6.92 Å². The average molecular weight is 321 g/mol. The van der Waals surface area contributed by atoms with Gasteiger partial charge in [-0.2, -0.15) is 0 Å². The molecule has 2 saturated heterocycles. The summed E-state index contributed by atoms with van der Waals surface area (Å²) in [4.78, 5) is 0. The molecule has 2 heterocycles. The van der Waals surface area contributed by atoms with Gasteiger partial charge in [-0.3, -0.25) is 0 Å². The van der Waals surface area contributed by atoms with Crippen LogP contribution in [0.25, 0.3) is 0 Å². The number of halogens is 2. The molecule has 2 rings (SSSR count). The second-order valence-corrected chi connectivity index (χ2v) is 7.04. The van der Waals surface area contributed by atoms with E-state index in [4.69, 9.17) is 32.7 Å². The van der Waals surface area contributed by atoms with Gasteiger partial charge in [0.25, 0.3) is 0 Å². The highest BCUT2D eigenvalue weighted by Crippen LogP contribution is 2.41. The van der Waals surface area contributed by atoms with Crippen molar-refractivity contribution in [2.45, 2.75) is 76.6 Å². The lowest BCUT2D eigenvalue weighted by Crippen LogP contribution is -2.48. The van der Waals surface area contributed by atoms with E-state index in [1.165, 1.54) is 25.7 Å². The Kier molecular flexibility index (Phi) is 6.67. The quantitative estimate of drug-likeness (QED) is 0.616. The van der Waals surface area contributed by atoms with Crippen LogP contribution in [0, 0.1) is 5.92 Å². The molecule has 4 heteroatoms. The van der Waals surface area contributed by atoms with E-state index in [-0.39, 0.29) is 11.9 Å². The first-order chi connectivity index (χ1) is 9.65. The molecule has 0 saturated carbocycles. The maximum Gasteiger partial charge on any atom is 0.168 e. The van der Waals surface area contributed by atoms with Crippen molar-refractivity contribution in [1.82, 2.24) is 0 Å². The fourth-order valence-corrected chi connectivity index (χ4v) is 3.66. The molecule has 1 spiro atoms. The van der Waals surface area contributed by atoms with Crippen LogP contribution in [0.1, 0.15) is 64.7 Å². The molecular weight excluding hydrogens is 295 g/mol. The number of ether oxygens (including phenoxy) is 2. The average Bonchev–Trinajstić information content (AvgIpc) is 2.43. The fraction of sp³-hybridized carbons (Fsp3) is 0.875. The first kappa shape index (κ1) is 16.6. The first-order valence-corrected chi connectivity index (χ1v) is 8.75. The molecule has 3 unspecified atom stereocenters. The zero-order valence-corrected chi connectivity index (χ0v) is 13.9. The van der Waals surface area contributed by atoms with Crippen LogP contribution in [0.5, 0.6) is 0 Å². The molecule has 0 aliphatic carbocycles. The standard InChI is InChI=1S/C16H26Cl2O2/c1-2-3-4-7-14-13(12-15(17)18)8-10-16(20-14)9-5-6-11-19-16/h12-14H,2-11H2,1H3. The summed E-state index contributed by atoms with van der Waals surface area (Å²) >= 11 is 11.7. The monoisotopic (exact) mass is 320 g/mol. The third-order valence-corrected chi connectivity index (χ3v) is 4.70. The van der Waals surface area contributed by atoms with Gasteiger partial charge in [-0.1, -0.05) is 49.4 Å². The highest BCUT2D eigenvalue weighted by atomic mass is 35.5. The van der Waals surface area contributed by atoms with Crippen LogP contribution in [0.4, 0.5) is 0 Å². The Morgan fingerprint density at radius 1 is 1.25 bits per heavy atom. The normalized spacial score (nSPS) is 34.1. The molecule has 2 aliphatic heterocycles. The van der Waals surface area contributed by atoms with Crippen LogP contribution in [0.15, 0.2) is 10.6 Å². The molecule has 2 fully saturated rings. The minimum absolute atomic E-state index is 0.195. The Balaban J connectivity index is 1.99. The van der Waals surface area contributed by atoms with Gasteiger partial charge in [0.1, 0.15) is 4.49 Å². The van der Waals surface area contributed by atoms with Crippen LogP contribution in [-0.2, 0) is 9.47 Å². The van der Waals surface area contributed by atoms with Gasteiger partial charge in [0.05, 0.1) is 12.7 Å². The molecule has 0 radical (unpaired) electrons. The van der Waals surface area contributed by atoms with Crippen molar-refractivity contribution in [1.29, 1.82) is 0 Å². The predicted octanol–water partition coefficient (Wildman–Crippen LogP) is 5.58. The maximum atomic E-state index is 6.39. The highest BCUT2D eigenvalue weighted by Gasteiger charge is 2.42. The van der Waals surface area contributed by atoms with Crippen LogP contribution in [0.3, 0.4) is 0 Å². The van der Waals surface area contributed by atoms with E-state index in [9.17, 15) is 0 Å². The summed E-state index contributed by atoms with van der Waals surface area (Å²) in [7, 11) is 0. The molecule has 2 nitrogen and oxygen atoms in total. The zero-order valence-electron chi connectivity index (χ0n) is 12.4. The third kappa shape index (κ3) is 4.62. The van der Waals surface area contributed by atoms with Gasteiger partial charge in [0.2, 0.25) is 0 Å². The minimum atomic E-state index is -0.321. The maximum absolute atomic E-state index is 6.39. The largest absolute Gasteiger partial charge is 0.350 e. The lowest BCUT2D eigenvalue weighted by Gasteiger charge is -2.46. The molecule has 20 heavy (non-hydrogen) atoms. The van der Waals surface area contributed by atoms with E-state index in [1.807, 2.05) is 6.08 Å². The van der Waals surface area contributed by atoms with Crippen molar-refractivity contribution in [2.24, 2.45) is 5.92 Å². The first-order valence-electron chi connectivity index (χ1n) is 8.00. The summed E-state index contributed by atoms with van der Waals surface area (Å²) in [6, 6.07) is 0. The van der Waals surface area contributed by atoms with Crippen LogP contribution >= 0.6 is 23.2 Å². The van der Waals surface area contributed by atoms with Crippen molar-refractivity contribution < 1.29 is 9.47 Å². The Morgan fingerprint density at radius 3 is 2.75 bits per heavy atom. The summed E-state index contributed by atoms with van der Waals surface area (Å²) in [6.45, 7) is 3.05. The van der Waals surface area contributed by atoms with Gasteiger partial charge in [-0.25, -0.2) is 0 Å². The molecule has 0 aromatic carbocycles. The number of hydrogen-bond donors (Lipinski definition) is 0. The lowest BCUT2D eigenvalue weighted by molar-refractivity contribution is -0.303. The van der Waals surface area contributed by atoms with Crippen molar-refractivity contribution in [3.63, 3.8) is 0 Å². The summed E-state index contributed by atoms with van der Waals surface area (Å²) in [5.74, 6) is 0.00569. The number of hydrogen-bond acceptors (Lipinski definition) is 2. The Morgan fingerprint density at radius 2 is 2.10 bits per heavy atom. The minimum Gasteiger partial charge on any atom is -0.350 e. The van der Waals surface area contributed by atoms with Crippen LogP contribution in [0.2, 0.25) is 0 Å². The van der Waals surface area contributed by atoms with Crippen molar-refractivity contribution >= 4 is 23.2 Å². The number of rotatable bonds is 5. The highest BCUT2D eigenvalue weighted by molar-refractivity contribution is 6.55. The van der Waals surface area contributed by atoms with E-state index in [1.54, 1.807) is 0 Å². The predicted molar refractivity (Wildman–Crippen MR) is 84.1 cm³/mol. The second-order valence-electron chi connectivity index (χ2n) is 6.03. The van der Waals surface area contributed by atoms with E-state index in [0.29, 0.717) is 10.4 Å². The fourth-order valence-electron chi connectivity index (χ4n) is 3.33. The second kappa shape index (κ2) is 8.03. The van der Waals surface area contributed by atoms with E-state index in [0.717, 1.165) is 38.7 Å². The molecule has 116 valence electrons. The molecule has 3 atom stereocenters. The van der Waals surface area contributed by atoms with Gasteiger partial charge >= 0.3 is 0 Å². The molecule has 0 amide bonds. The topological polar surface area (TPSA) is 18.5 Å². The molecular formula is C16H26Cl2O2. The third-order valence-electron chi connectivity index (χ3n) is 4.45. The Labute approximate surface area is 132 Å². The smallest absolute Gasteiger partial charge is 0.168 e. The van der Waals surface area contributed by atoms with Gasteiger partial charge < -0.3 is 9.47 Å². The summed E-state index contributed by atoms with van der Waals surface area (Å²) < 4.78 is 12.7. The van der Waals surface area contributed by atoms with Gasteiger partial charge in [-0.05, 0) is 31.8 Å². The Bertz CT molecular complexity index is 320. The van der Waals surface area contributed by atoms with Gasteiger partial charge in [0.15, 0.2) is 5.79 Å². The van der Waals surface area contributed by atoms with E-state index >= 15 is 0 Å². The van der Waals surface area contributed by atoms with Crippen LogP contribution in [-0.4, -0.2) is 18.5 Å². The summed E-state index contributed by atoms with van der Waals surface area (Å²) in [6.07, 6.45) is 12.3. The molecule has 0 N–H and O–H groups in total. The molecule has 0 aromatic rings. The van der Waals surface area contributed by atoms with E-state index < -0.39 is 0 Å². The number of unbranched alkanes of at least 4 members (excludes halogenated alkanes) is 2.